The van der Waals surface area contributed by atoms with Crippen LogP contribution in [0.4, 0.5) is 5.69 Å². The first-order valence-corrected chi connectivity index (χ1v) is 7.26. The van der Waals surface area contributed by atoms with Crippen molar-refractivity contribution in [3.05, 3.63) is 63.1 Å². The summed E-state index contributed by atoms with van der Waals surface area (Å²) in [6.07, 6.45) is 0. The van der Waals surface area contributed by atoms with Gasteiger partial charge in [0.25, 0.3) is 5.91 Å². The number of rotatable bonds is 3. The Labute approximate surface area is 134 Å². The molecule has 2 aromatic carbocycles. The van der Waals surface area contributed by atoms with Crippen LogP contribution in [0.1, 0.15) is 34.5 Å². The molecule has 2 rings (SSSR count). The molecule has 2 aromatic rings. The van der Waals surface area contributed by atoms with Crippen LogP contribution in [0.15, 0.2) is 36.4 Å². The first-order valence-electron chi connectivity index (χ1n) is 6.51. The van der Waals surface area contributed by atoms with Crippen LogP contribution < -0.4 is 11.1 Å². The Morgan fingerprint density at radius 1 is 1.19 bits per heavy atom. The highest BCUT2D eigenvalue weighted by molar-refractivity contribution is 6.39. The molecule has 110 valence electrons. The molecular formula is C16H16Cl2N2O. The molecule has 0 spiro atoms. The number of carbonyl (C=O) groups is 1. The summed E-state index contributed by atoms with van der Waals surface area (Å²) in [6, 6.07) is 10.8. The van der Waals surface area contributed by atoms with E-state index in [0.29, 0.717) is 5.56 Å². The molecule has 0 aliphatic carbocycles. The summed E-state index contributed by atoms with van der Waals surface area (Å²) in [5.41, 5.74) is 8.53. The lowest BCUT2D eigenvalue weighted by Gasteiger charge is -2.17. The van der Waals surface area contributed by atoms with Gasteiger partial charge in [0.1, 0.15) is 0 Å². The summed E-state index contributed by atoms with van der Waals surface area (Å²) >= 11 is 11.9. The molecule has 5 heteroatoms. The van der Waals surface area contributed by atoms with E-state index in [-0.39, 0.29) is 27.7 Å². The zero-order valence-corrected chi connectivity index (χ0v) is 13.3. The molecule has 0 fully saturated rings. The zero-order valence-electron chi connectivity index (χ0n) is 11.8. The lowest BCUT2D eigenvalue weighted by atomic mass is 10.0. The molecule has 0 radical (unpaired) electrons. The van der Waals surface area contributed by atoms with Crippen LogP contribution in [0.25, 0.3) is 0 Å². The maximum absolute atomic E-state index is 12.3. The van der Waals surface area contributed by atoms with Crippen molar-refractivity contribution in [1.29, 1.82) is 0 Å². The molecule has 3 nitrogen and oxygen atoms in total. The molecule has 1 atom stereocenters. The summed E-state index contributed by atoms with van der Waals surface area (Å²) in [5.74, 6) is -0.241. The third kappa shape index (κ3) is 3.49. The van der Waals surface area contributed by atoms with Gasteiger partial charge in [-0.2, -0.15) is 0 Å². The monoisotopic (exact) mass is 322 g/mol. The predicted octanol–water partition coefficient (Wildman–Crippen LogP) is 4.38. The van der Waals surface area contributed by atoms with Gasteiger partial charge in [0, 0.05) is 5.56 Å². The van der Waals surface area contributed by atoms with Crippen LogP contribution in [0.5, 0.6) is 0 Å². The van der Waals surface area contributed by atoms with Gasteiger partial charge in [-0.05, 0) is 37.1 Å². The van der Waals surface area contributed by atoms with Gasteiger partial charge >= 0.3 is 0 Å². The van der Waals surface area contributed by atoms with Gasteiger partial charge in [0.05, 0.1) is 21.8 Å². The number of hydrogen-bond donors (Lipinski definition) is 2. The Morgan fingerprint density at radius 2 is 1.76 bits per heavy atom. The molecule has 1 amide bonds. The number of aryl methyl sites for hydroxylation is 1. The van der Waals surface area contributed by atoms with Crippen molar-refractivity contribution in [3.8, 4) is 0 Å². The molecule has 0 aromatic heterocycles. The van der Waals surface area contributed by atoms with E-state index in [1.165, 1.54) is 12.1 Å². The van der Waals surface area contributed by atoms with E-state index < -0.39 is 0 Å². The van der Waals surface area contributed by atoms with E-state index in [1.807, 2.05) is 38.1 Å². The molecule has 0 saturated heterocycles. The average molecular weight is 323 g/mol. The van der Waals surface area contributed by atoms with Crippen LogP contribution in [0.3, 0.4) is 0 Å². The van der Waals surface area contributed by atoms with Crippen molar-refractivity contribution in [2.45, 2.75) is 19.9 Å². The van der Waals surface area contributed by atoms with Gasteiger partial charge in [-0.25, -0.2) is 0 Å². The number of carbonyl (C=O) groups excluding carboxylic acids is 1. The summed E-state index contributed by atoms with van der Waals surface area (Å²) in [7, 11) is 0. The third-order valence-corrected chi connectivity index (χ3v) is 3.97. The Balaban J connectivity index is 2.20. The minimum atomic E-state index is -0.241. The van der Waals surface area contributed by atoms with E-state index in [4.69, 9.17) is 28.9 Å². The first-order chi connectivity index (χ1) is 9.90. The van der Waals surface area contributed by atoms with Crippen LogP contribution in [0, 0.1) is 6.92 Å². The molecule has 21 heavy (non-hydrogen) atoms. The Bertz CT molecular complexity index is 663. The summed E-state index contributed by atoms with van der Waals surface area (Å²) in [4.78, 5) is 12.3. The van der Waals surface area contributed by atoms with E-state index in [2.05, 4.69) is 5.32 Å². The van der Waals surface area contributed by atoms with Gasteiger partial charge in [0.15, 0.2) is 0 Å². The molecular weight excluding hydrogens is 307 g/mol. The number of nitrogens with one attached hydrogen (secondary N) is 1. The zero-order chi connectivity index (χ0) is 15.6. The van der Waals surface area contributed by atoms with Crippen LogP contribution >= 0.6 is 23.2 Å². The van der Waals surface area contributed by atoms with Gasteiger partial charge in [-0.3, -0.25) is 4.79 Å². The SMILES string of the molecule is Cc1ccccc1C(C)NC(=O)c1cc(Cl)c(N)c(Cl)c1. The van der Waals surface area contributed by atoms with Crippen molar-refractivity contribution in [3.63, 3.8) is 0 Å². The van der Waals surface area contributed by atoms with E-state index in [9.17, 15) is 4.79 Å². The van der Waals surface area contributed by atoms with Gasteiger partial charge < -0.3 is 11.1 Å². The van der Waals surface area contributed by atoms with E-state index >= 15 is 0 Å². The third-order valence-electron chi connectivity index (χ3n) is 3.34. The van der Waals surface area contributed by atoms with E-state index in [1.54, 1.807) is 0 Å². The average Bonchev–Trinajstić information content (AvgIpc) is 2.44. The molecule has 0 bridgehead atoms. The second-order valence-electron chi connectivity index (χ2n) is 4.91. The lowest BCUT2D eigenvalue weighted by Crippen LogP contribution is -2.27. The molecule has 0 heterocycles. The maximum atomic E-state index is 12.3. The normalized spacial score (nSPS) is 12.0. The molecule has 1 unspecified atom stereocenters. The van der Waals surface area contributed by atoms with E-state index in [0.717, 1.165) is 11.1 Å². The largest absolute Gasteiger partial charge is 0.396 e. The van der Waals surface area contributed by atoms with Gasteiger partial charge in [0.2, 0.25) is 0 Å². The first kappa shape index (κ1) is 15.7. The highest BCUT2D eigenvalue weighted by Crippen LogP contribution is 2.29. The maximum Gasteiger partial charge on any atom is 0.251 e. The quantitative estimate of drug-likeness (QED) is 0.824. The number of amides is 1. The second-order valence-corrected chi connectivity index (χ2v) is 5.72. The summed E-state index contributed by atoms with van der Waals surface area (Å²) < 4.78 is 0. The number of nitrogen functional groups attached to an aromatic ring is 1. The fraction of sp³-hybridized carbons (Fsp3) is 0.188. The van der Waals surface area contributed by atoms with Gasteiger partial charge in [-0.1, -0.05) is 47.5 Å². The summed E-state index contributed by atoms with van der Waals surface area (Å²) in [5, 5.41) is 3.48. The second kappa shape index (κ2) is 6.37. The minimum absolute atomic E-state index is 0.117. The number of anilines is 1. The predicted molar refractivity (Wildman–Crippen MR) is 87.9 cm³/mol. The number of halogens is 2. The summed E-state index contributed by atoms with van der Waals surface area (Å²) in [6.45, 7) is 3.94. The fourth-order valence-corrected chi connectivity index (χ4v) is 2.63. The number of benzene rings is 2. The number of hydrogen-bond acceptors (Lipinski definition) is 2. The van der Waals surface area contributed by atoms with Crippen molar-refractivity contribution in [2.24, 2.45) is 0 Å². The molecule has 0 saturated carbocycles. The molecule has 3 N–H and O–H groups in total. The van der Waals surface area contributed by atoms with Gasteiger partial charge in [-0.15, -0.1) is 0 Å². The Morgan fingerprint density at radius 3 is 2.33 bits per heavy atom. The highest BCUT2D eigenvalue weighted by Gasteiger charge is 2.15. The smallest absolute Gasteiger partial charge is 0.251 e. The van der Waals surface area contributed by atoms with Crippen LogP contribution in [-0.2, 0) is 0 Å². The molecule has 0 aliphatic rings. The topological polar surface area (TPSA) is 55.1 Å². The van der Waals surface area contributed by atoms with Crippen molar-refractivity contribution in [1.82, 2.24) is 5.32 Å². The highest BCUT2D eigenvalue weighted by atomic mass is 35.5. The number of nitrogens with two attached hydrogens (primary N) is 1. The standard InChI is InChI=1S/C16H16Cl2N2O/c1-9-5-3-4-6-12(9)10(2)20-16(21)11-7-13(17)15(19)14(18)8-11/h3-8,10H,19H2,1-2H3,(H,20,21). The van der Waals surface area contributed by atoms with Crippen molar-refractivity contribution >= 4 is 34.8 Å². The van der Waals surface area contributed by atoms with Crippen molar-refractivity contribution < 1.29 is 4.79 Å². The fourth-order valence-electron chi connectivity index (χ4n) is 2.15. The van der Waals surface area contributed by atoms with Crippen molar-refractivity contribution in [2.75, 3.05) is 5.73 Å². The Hall–Kier alpha value is -1.71. The minimum Gasteiger partial charge on any atom is -0.396 e. The van der Waals surface area contributed by atoms with Crippen LogP contribution in [0.2, 0.25) is 10.0 Å². The Kier molecular flexibility index (Phi) is 4.76. The lowest BCUT2D eigenvalue weighted by molar-refractivity contribution is 0.0940. The molecule has 0 aliphatic heterocycles. The van der Waals surface area contributed by atoms with Crippen LogP contribution in [-0.4, -0.2) is 5.91 Å².